The van der Waals surface area contributed by atoms with Gasteiger partial charge in [0.15, 0.2) is 0 Å². The first-order valence-corrected chi connectivity index (χ1v) is 12.8. The van der Waals surface area contributed by atoms with Crippen LogP contribution in [0.5, 0.6) is 0 Å². The molecular formula is C24H23N5O2S2. The number of rotatable bonds is 6. The number of fused-ring (bicyclic) bond motifs is 1. The van der Waals surface area contributed by atoms with E-state index in [1.165, 1.54) is 23.1 Å². The van der Waals surface area contributed by atoms with Gasteiger partial charge in [0.1, 0.15) is 16.5 Å². The number of carbonyl (C=O) groups excluding carboxylic acids is 1. The highest BCUT2D eigenvalue weighted by atomic mass is 32.2. The second-order valence-corrected chi connectivity index (χ2v) is 9.60. The van der Waals surface area contributed by atoms with E-state index in [1.54, 1.807) is 6.20 Å². The van der Waals surface area contributed by atoms with E-state index in [9.17, 15) is 9.59 Å². The fourth-order valence-corrected chi connectivity index (χ4v) is 5.70. The van der Waals surface area contributed by atoms with Gasteiger partial charge in [0.05, 0.1) is 16.9 Å². The van der Waals surface area contributed by atoms with E-state index in [2.05, 4.69) is 19.9 Å². The number of pyridine rings is 1. The van der Waals surface area contributed by atoms with Gasteiger partial charge in [-0.3, -0.25) is 9.59 Å². The van der Waals surface area contributed by atoms with Crippen LogP contribution in [0.4, 0.5) is 5.82 Å². The summed E-state index contributed by atoms with van der Waals surface area (Å²) in [6.45, 7) is 2.94. The zero-order chi connectivity index (χ0) is 22.6. The van der Waals surface area contributed by atoms with Gasteiger partial charge in [0.25, 0.3) is 5.56 Å². The van der Waals surface area contributed by atoms with E-state index in [0.29, 0.717) is 35.8 Å². The highest BCUT2D eigenvalue weighted by Crippen LogP contribution is 2.30. The third-order valence-corrected chi connectivity index (χ3v) is 7.45. The number of nitrogens with one attached hydrogen (secondary N) is 1. The van der Waals surface area contributed by atoms with Gasteiger partial charge < -0.3 is 14.8 Å². The molecule has 0 atom stereocenters. The van der Waals surface area contributed by atoms with Crippen molar-refractivity contribution < 1.29 is 4.79 Å². The number of hydrogen-bond donors (Lipinski definition) is 1. The average Bonchev–Trinajstić information content (AvgIpc) is 3.30. The van der Waals surface area contributed by atoms with Gasteiger partial charge in [-0.2, -0.15) is 0 Å². The minimum absolute atomic E-state index is 0.117. The van der Waals surface area contributed by atoms with Gasteiger partial charge >= 0.3 is 0 Å². The number of H-pyrrole nitrogens is 1. The van der Waals surface area contributed by atoms with Crippen molar-refractivity contribution in [2.75, 3.05) is 36.8 Å². The lowest BCUT2D eigenvalue weighted by atomic mass is 10.1. The first-order chi connectivity index (χ1) is 16.2. The topological polar surface area (TPSA) is 82.2 Å². The number of nitrogens with zero attached hydrogens (tertiary/aromatic N) is 4. The Morgan fingerprint density at radius 3 is 2.61 bits per heavy atom. The minimum atomic E-state index is -0.132. The summed E-state index contributed by atoms with van der Waals surface area (Å²) in [5.74, 6) is 2.53. The van der Waals surface area contributed by atoms with Gasteiger partial charge in [0.2, 0.25) is 5.91 Å². The summed E-state index contributed by atoms with van der Waals surface area (Å²) < 4.78 is 0. The summed E-state index contributed by atoms with van der Waals surface area (Å²) in [4.78, 5) is 42.2. The summed E-state index contributed by atoms with van der Waals surface area (Å²) in [6, 6.07) is 15.7. The normalized spacial score (nSPS) is 14.1. The third kappa shape index (κ3) is 4.79. The first kappa shape index (κ1) is 21.7. The zero-order valence-electron chi connectivity index (χ0n) is 17.9. The van der Waals surface area contributed by atoms with Crippen molar-refractivity contribution in [2.45, 2.75) is 5.75 Å². The predicted molar refractivity (Wildman–Crippen MR) is 135 cm³/mol. The Labute approximate surface area is 199 Å². The number of aromatic amines is 1. The first-order valence-electron chi connectivity index (χ1n) is 10.8. The quantitative estimate of drug-likeness (QED) is 0.457. The molecule has 1 N–H and O–H groups in total. The highest BCUT2D eigenvalue weighted by molar-refractivity contribution is 7.99. The van der Waals surface area contributed by atoms with Crippen LogP contribution in [0.15, 0.2) is 64.9 Å². The number of anilines is 1. The number of carbonyl (C=O) groups is 1. The van der Waals surface area contributed by atoms with Crippen LogP contribution in [-0.2, 0) is 10.5 Å². The standard InChI is InChI=1S/C24H23N5O2S2/c30-21(29-12-10-28(11-13-29)20-8-4-5-9-25-20)16-32-15-19-26-23(31)22-18(14-33-24(22)27-19)17-6-2-1-3-7-17/h1-9,14H,10-13,15-16H2,(H,26,27,31). The summed E-state index contributed by atoms with van der Waals surface area (Å²) in [5, 5.41) is 2.61. The van der Waals surface area contributed by atoms with Crippen LogP contribution in [0.25, 0.3) is 21.3 Å². The van der Waals surface area contributed by atoms with Crippen LogP contribution in [0.3, 0.4) is 0 Å². The Bertz CT molecular complexity index is 1300. The number of thioether (sulfide) groups is 1. The molecule has 1 aromatic carbocycles. The van der Waals surface area contributed by atoms with Crippen LogP contribution in [0, 0.1) is 0 Å². The molecule has 9 heteroatoms. The summed E-state index contributed by atoms with van der Waals surface area (Å²) >= 11 is 2.95. The molecule has 4 heterocycles. The summed E-state index contributed by atoms with van der Waals surface area (Å²) in [6.07, 6.45) is 1.79. The monoisotopic (exact) mass is 477 g/mol. The number of benzene rings is 1. The molecule has 1 aliphatic heterocycles. The molecule has 168 valence electrons. The molecule has 0 spiro atoms. The maximum atomic E-state index is 12.8. The number of amides is 1. The zero-order valence-corrected chi connectivity index (χ0v) is 19.6. The van der Waals surface area contributed by atoms with Crippen LogP contribution < -0.4 is 10.5 Å². The van der Waals surface area contributed by atoms with Crippen molar-refractivity contribution in [3.8, 4) is 11.1 Å². The van der Waals surface area contributed by atoms with Gasteiger partial charge in [-0.1, -0.05) is 36.4 Å². The van der Waals surface area contributed by atoms with Crippen LogP contribution >= 0.6 is 23.1 Å². The summed E-state index contributed by atoms with van der Waals surface area (Å²) in [5.41, 5.74) is 1.78. The molecule has 5 rings (SSSR count). The highest BCUT2D eigenvalue weighted by Gasteiger charge is 2.22. The molecule has 0 radical (unpaired) electrons. The molecule has 0 aliphatic carbocycles. The van der Waals surface area contributed by atoms with Crippen molar-refractivity contribution in [3.63, 3.8) is 0 Å². The minimum Gasteiger partial charge on any atom is -0.353 e. The molecule has 1 aliphatic rings. The molecule has 1 saturated heterocycles. The lowest BCUT2D eigenvalue weighted by molar-refractivity contribution is -0.128. The van der Waals surface area contributed by atoms with Crippen LogP contribution in [0.1, 0.15) is 5.82 Å². The molecule has 7 nitrogen and oxygen atoms in total. The van der Waals surface area contributed by atoms with Crippen molar-refractivity contribution >= 4 is 45.0 Å². The van der Waals surface area contributed by atoms with Crippen LogP contribution in [0.2, 0.25) is 0 Å². The van der Waals surface area contributed by atoms with Gasteiger partial charge in [-0.25, -0.2) is 9.97 Å². The molecule has 0 unspecified atom stereocenters. The van der Waals surface area contributed by atoms with E-state index in [1.807, 2.05) is 58.8 Å². The number of piperazine rings is 1. The second-order valence-electron chi connectivity index (χ2n) is 7.76. The maximum absolute atomic E-state index is 12.8. The lowest BCUT2D eigenvalue weighted by Gasteiger charge is -2.35. The number of thiophene rings is 1. The molecule has 33 heavy (non-hydrogen) atoms. The predicted octanol–water partition coefficient (Wildman–Crippen LogP) is 3.63. The Balaban J connectivity index is 1.17. The Kier molecular flexibility index (Phi) is 6.41. The molecule has 4 aromatic rings. The maximum Gasteiger partial charge on any atom is 0.260 e. The van der Waals surface area contributed by atoms with E-state index >= 15 is 0 Å². The molecule has 1 amide bonds. The third-order valence-electron chi connectivity index (χ3n) is 5.65. The van der Waals surface area contributed by atoms with E-state index in [0.717, 1.165) is 34.9 Å². The Morgan fingerprint density at radius 1 is 1.06 bits per heavy atom. The van der Waals surface area contributed by atoms with E-state index in [4.69, 9.17) is 0 Å². The van der Waals surface area contributed by atoms with Gasteiger partial charge in [-0.05, 0) is 17.7 Å². The van der Waals surface area contributed by atoms with Crippen molar-refractivity contribution in [1.29, 1.82) is 0 Å². The molecule has 0 bridgehead atoms. The molecule has 1 fully saturated rings. The average molecular weight is 478 g/mol. The smallest absolute Gasteiger partial charge is 0.260 e. The Morgan fingerprint density at radius 2 is 1.85 bits per heavy atom. The summed E-state index contributed by atoms with van der Waals surface area (Å²) in [7, 11) is 0. The molecule has 0 saturated carbocycles. The largest absolute Gasteiger partial charge is 0.353 e. The second kappa shape index (κ2) is 9.76. The van der Waals surface area contributed by atoms with E-state index < -0.39 is 0 Å². The number of aromatic nitrogens is 3. The van der Waals surface area contributed by atoms with Gasteiger partial charge in [0, 0.05) is 43.3 Å². The fourth-order valence-electron chi connectivity index (χ4n) is 3.94. The SMILES string of the molecule is O=C(CSCc1nc2scc(-c3ccccc3)c2c(=O)[nH]1)N1CCN(c2ccccn2)CC1. The van der Waals surface area contributed by atoms with Crippen molar-refractivity contribution in [3.05, 3.63) is 76.3 Å². The fraction of sp³-hybridized carbons (Fsp3) is 0.250. The van der Waals surface area contributed by atoms with Crippen LogP contribution in [-0.4, -0.2) is 57.7 Å². The number of hydrogen-bond acceptors (Lipinski definition) is 7. The lowest BCUT2D eigenvalue weighted by Crippen LogP contribution is -2.49. The van der Waals surface area contributed by atoms with Gasteiger partial charge in [-0.15, -0.1) is 23.1 Å². The molecular weight excluding hydrogens is 454 g/mol. The van der Waals surface area contributed by atoms with Crippen molar-refractivity contribution in [2.24, 2.45) is 0 Å². The van der Waals surface area contributed by atoms with E-state index in [-0.39, 0.29) is 11.5 Å². The van der Waals surface area contributed by atoms with Crippen molar-refractivity contribution in [1.82, 2.24) is 19.9 Å². The molecule has 3 aromatic heterocycles. The Hall–Kier alpha value is -3.17.